The zero-order chi connectivity index (χ0) is 15.9. The molecular weight excluding hydrogens is 278 g/mol. The monoisotopic (exact) mass is 303 g/mol. The Hall–Kier alpha value is -2.04. The minimum atomic E-state index is -0.326. The van der Waals surface area contributed by atoms with Crippen molar-refractivity contribution in [3.63, 3.8) is 0 Å². The van der Waals surface area contributed by atoms with Crippen molar-refractivity contribution in [3.05, 3.63) is 34.6 Å². The molecule has 5 nitrogen and oxygen atoms in total. The Morgan fingerprint density at radius 2 is 1.82 bits per heavy atom. The van der Waals surface area contributed by atoms with E-state index in [1.807, 2.05) is 18.2 Å². The SMILES string of the molecule is CCCCCNC(=O)n1c(=O)c2ccccc2n1CCCC. The summed E-state index contributed by atoms with van der Waals surface area (Å²) in [5.41, 5.74) is 0.587. The van der Waals surface area contributed by atoms with E-state index in [0.29, 0.717) is 18.5 Å². The maximum atomic E-state index is 12.5. The quantitative estimate of drug-likeness (QED) is 0.797. The molecule has 0 atom stereocenters. The third kappa shape index (κ3) is 3.40. The molecule has 0 unspecified atom stereocenters. The molecule has 0 aliphatic heterocycles. The lowest BCUT2D eigenvalue weighted by Gasteiger charge is -2.12. The molecule has 1 N–H and O–H groups in total. The van der Waals surface area contributed by atoms with Crippen molar-refractivity contribution < 1.29 is 4.79 Å². The van der Waals surface area contributed by atoms with E-state index in [-0.39, 0.29) is 11.6 Å². The second-order valence-corrected chi connectivity index (χ2v) is 5.55. The van der Waals surface area contributed by atoms with E-state index in [2.05, 4.69) is 19.2 Å². The van der Waals surface area contributed by atoms with Gasteiger partial charge in [0.1, 0.15) is 0 Å². The van der Waals surface area contributed by atoms with Gasteiger partial charge in [-0.1, -0.05) is 45.2 Å². The lowest BCUT2D eigenvalue weighted by atomic mass is 10.2. The summed E-state index contributed by atoms with van der Waals surface area (Å²) in [7, 11) is 0. The molecule has 22 heavy (non-hydrogen) atoms. The van der Waals surface area contributed by atoms with Crippen LogP contribution in [0.15, 0.2) is 29.1 Å². The molecule has 0 fully saturated rings. The first kappa shape index (κ1) is 16.3. The lowest BCUT2D eigenvalue weighted by molar-refractivity contribution is 0.234. The fourth-order valence-corrected chi connectivity index (χ4v) is 2.59. The lowest BCUT2D eigenvalue weighted by Crippen LogP contribution is -2.39. The van der Waals surface area contributed by atoms with Crippen LogP contribution in [0.4, 0.5) is 4.79 Å². The standard InChI is InChI=1S/C17H25N3O2/c1-3-5-9-12-18-17(22)20-16(21)14-10-7-8-11-15(14)19(20)13-6-4-2/h7-8,10-11H,3-6,9,12-13H2,1-2H3,(H,18,22). The number of para-hydroxylation sites is 1. The second-order valence-electron chi connectivity index (χ2n) is 5.55. The van der Waals surface area contributed by atoms with Crippen molar-refractivity contribution in [3.8, 4) is 0 Å². The molecule has 1 aromatic heterocycles. The average molecular weight is 303 g/mol. The van der Waals surface area contributed by atoms with Gasteiger partial charge in [0.05, 0.1) is 10.9 Å². The summed E-state index contributed by atoms with van der Waals surface area (Å²) >= 11 is 0. The number of nitrogens with one attached hydrogen (secondary N) is 1. The number of unbranched alkanes of at least 4 members (excludes halogenated alkanes) is 3. The molecule has 0 aliphatic rings. The van der Waals surface area contributed by atoms with Crippen molar-refractivity contribution in [1.29, 1.82) is 0 Å². The smallest absolute Gasteiger partial charge is 0.336 e. The number of hydrogen-bond acceptors (Lipinski definition) is 2. The molecule has 0 spiro atoms. The maximum absolute atomic E-state index is 12.5. The number of aromatic nitrogens is 2. The van der Waals surface area contributed by atoms with Gasteiger partial charge in [0, 0.05) is 13.1 Å². The highest BCUT2D eigenvalue weighted by atomic mass is 16.2. The summed E-state index contributed by atoms with van der Waals surface area (Å²) in [6.45, 7) is 5.49. The van der Waals surface area contributed by atoms with Crippen LogP contribution in [-0.2, 0) is 6.54 Å². The predicted octanol–water partition coefficient (Wildman–Crippen LogP) is 3.35. The molecule has 0 bridgehead atoms. The van der Waals surface area contributed by atoms with Crippen LogP contribution in [0.25, 0.3) is 10.9 Å². The fraction of sp³-hybridized carbons (Fsp3) is 0.529. The van der Waals surface area contributed by atoms with Crippen LogP contribution in [0.2, 0.25) is 0 Å². The van der Waals surface area contributed by atoms with Gasteiger partial charge in [0.2, 0.25) is 0 Å². The van der Waals surface area contributed by atoms with Gasteiger partial charge in [0.25, 0.3) is 5.56 Å². The Morgan fingerprint density at radius 1 is 1.09 bits per heavy atom. The summed E-state index contributed by atoms with van der Waals surface area (Å²) in [5.74, 6) is 0. The van der Waals surface area contributed by atoms with Crippen molar-refractivity contribution >= 4 is 16.9 Å². The number of rotatable bonds is 7. The zero-order valence-electron chi connectivity index (χ0n) is 13.5. The highest BCUT2D eigenvalue weighted by Gasteiger charge is 2.17. The minimum absolute atomic E-state index is 0.236. The zero-order valence-corrected chi connectivity index (χ0v) is 13.5. The van der Waals surface area contributed by atoms with Crippen LogP contribution in [0.5, 0.6) is 0 Å². The van der Waals surface area contributed by atoms with Crippen molar-refractivity contribution in [2.45, 2.75) is 52.5 Å². The molecule has 120 valence electrons. The van der Waals surface area contributed by atoms with Crippen LogP contribution >= 0.6 is 0 Å². The van der Waals surface area contributed by atoms with Crippen molar-refractivity contribution in [2.75, 3.05) is 6.54 Å². The fourth-order valence-electron chi connectivity index (χ4n) is 2.59. The number of aryl methyl sites for hydroxylation is 1. The first-order valence-corrected chi connectivity index (χ1v) is 8.19. The van der Waals surface area contributed by atoms with E-state index in [1.54, 1.807) is 10.7 Å². The Kier molecular flexibility index (Phi) is 5.81. The molecule has 1 aromatic carbocycles. The average Bonchev–Trinajstić information content (AvgIpc) is 2.82. The van der Waals surface area contributed by atoms with E-state index in [4.69, 9.17) is 0 Å². The van der Waals surface area contributed by atoms with E-state index < -0.39 is 0 Å². The number of carbonyl (C=O) groups excluding carboxylic acids is 1. The second kappa shape index (κ2) is 7.82. The summed E-state index contributed by atoms with van der Waals surface area (Å²) in [6, 6.07) is 7.08. The van der Waals surface area contributed by atoms with Crippen LogP contribution in [0.3, 0.4) is 0 Å². The molecule has 0 saturated carbocycles. The van der Waals surface area contributed by atoms with Crippen molar-refractivity contribution in [1.82, 2.24) is 14.7 Å². The molecule has 1 heterocycles. The van der Waals surface area contributed by atoms with Gasteiger partial charge in [-0.2, -0.15) is 4.68 Å². The highest BCUT2D eigenvalue weighted by molar-refractivity contribution is 5.85. The van der Waals surface area contributed by atoms with E-state index >= 15 is 0 Å². The number of nitrogens with zero attached hydrogens (tertiary/aromatic N) is 2. The highest BCUT2D eigenvalue weighted by Crippen LogP contribution is 2.12. The van der Waals surface area contributed by atoms with Gasteiger partial charge >= 0.3 is 6.03 Å². The first-order valence-electron chi connectivity index (χ1n) is 8.19. The molecule has 5 heteroatoms. The largest absolute Gasteiger partial charge is 0.343 e. The summed E-state index contributed by atoms with van der Waals surface area (Å²) in [5, 5.41) is 3.45. The van der Waals surface area contributed by atoms with Crippen LogP contribution in [-0.4, -0.2) is 21.9 Å². The van der Waals surface area contributed by atoms with Gasteiger partial charge in [0.15, 0.2) is 0 Å². The third-order valence-corrected chi connectivity index (χ3v) is 3.82. The first-order chi connectivity index (χ1) is 10.7. The van der Waals surface area contributed by atoms with Gasteiger partial charge < -0.3 is 5.32 Å². The summed E-state index contributed by atoms with van der Waals surface area (Å²) < 4.78 is 3.06. The van der Waals surface area contributed by atoms with Gasteiger partial charge in [-0.15, -0.1) is 0 Å². The van der Waals surface area contributed by atoms with Crippen LogP contribution < -0.4 is 10.9 Å². The van der Waals surface area contributed by atoms with Crippen LogP contribution in [0.1, 0.15) is 46.0 Å². The Labute approximate surface area is 130 Å². The number of fused-ring (bicyclic) bond motifs is 1. The number of amides is 1. The molecular formula is C17H25N3O2. The summed E-state index contributed by atoms with van der Waals surface area (Å²) in [6.07, 6.45) is 5.06. The van der Waals surface area contributed by atoms with E-state index in [9.17, 15) is 9.59 Å². The van der Waals surface area contributed by atoms with Crippen LogP contribution in [0, 0.1) is 0 Å². The third-order valence-electron chi connectivity index (χ3n) is 3.82. The molecule has 1 amide bonds. The maximum Gasteiger partial charge on any atom is 0.343 e. The van der Waals surface area contributed by atoms with E-state index in [1.165, 1.54) is 4.68 Å². The molecule has 0 radical (unpaired) electrons. The number of hydrogen-bond donors (Lipinski definition) is 1. The molecule has 0 saturated heterocycles. The van der Waals surface area contributed by atoms with Crippen molar-refractivity contribution in [2.24, 2.45) is 0 Å². The number of benzene rings is 1. The number of carbonyl (C=O) groups is 1. The van der Waals surface area contributed by atoms with Gasteiger partial charge in [-0.3, -0.25) is 9.48 Å². The molecule has 2 aromatic rings. The molecule has 2 rings (SSSR count). The minimum Gasteiger partial charge on any atom is -0.336 e. The van der Waals surface area contributed by atoms with E-state index in [0.717, 1.165) is 37.6 Å². The summed E-state index contributed by atoms with van der Waals surface area (Å²) in [4.78, 5) is 24.9. The van der Waals surface area contributed by atoms with Gasteiger partial charge in [-0.05, 0) is 25.0 Å². The Balaban J connectivity index is 2.32. The Morgan fingerprint density at radius 3 is 2.55 bits per heavy atom. The molecule has 0 aliphatic carbocycles. The predicted molar refractivity (Wildman–Crippen MR) is 89.4 cm³/mol. The van der Waals surface area contributed by atoms with Gasteiger partial charge in [-0.25, -0.2) is 4.79 Å². The normalized spacial score (nSPS) is 11.0. The Bertz CT molecular complexity index is 685. The topological polar surface area (TPSA) is 56.0 Å².